The van der Waals surface area contributed by atoms with Crippen molar-refractivity contribution in [2.45, 2.75) is 30.6 Å². The van der Waals surface area contributed by atoms with Crippen molar-refractivity contribution in [2.75, 3.05) is 19.5 Å². The van der Waals surface area contributed by atoms with Gasteiger partial charge in [-0.05, 0) is 11.6 Å². The van der Waals surface area contributed by atoms with Crippen LogP contribution < -0.4 is 11.4 Å². The number of nitrogens with two attached hydrogens (primary N) is 1. The Labute approximate surface area is 129 Å². The maximum absolute atomic E-state index is 12.0. The highest BCUT2D eigenvalue weighted by molar-refractivity contribution is 5.23. The number of rotatable bonds is 4. The number of anilines is 1. The van der Waals surface area contributed by atoms with Gasteiger partial charge in [0.25, 0.3) is 6.48 Å². The highest BCUT2D eigenvalue weighted by atomic mass is 16.9. The molecule has 23 heavy (non-hydrogen) atoms. The SMILES string of the molecule is COC1O[C@H]2[C@H](n3ccc(N)nc3=O)O[C@@](CO)(N=[N+]=[N-])[C@H]2O1. The van der Waals surface area contributed by atoms with Gasteiger partial charge in [0.15, 0.2) is 6.23 Å². The number of aliphatic hydroxyl groups excluding tert-OH is 1. The number of methoxy groups -OCH3 is 1. The number of hydrogen-bond acceptors (Lipinski definition) is 9. The fourth-order valence-corrected chi connectivity index (χ4v) is 2.61. The normalized spacial score (nSPS) is 35.7. The number of hydrogen-bond donors (Lipinski definition) is 2. The lowest BCUT2D eigenvalue weighted by atomic mass is 10.1. The summed E-state index contributed by atoms with van der Waals surface area (Å²) in [6, 6.07) is 1.40. The number of nitrogen functional groups attached to an aromatic ring is 1. The van der Waals surface area contributed by atoms with E-state index in [-0.39, 0.29) is 5.82 Å². The molecule has 0 spiro atoms. The largest absolute Gasteiger partial charge is 0.393 e. The van der Waals surface area contributed by atoms with E-state index in [2.05, 4.69) is 15.0 Å². The first-order valence-electron chi connectivity index (χ1n) is 6.58. The first-order chi connectivity index (χ1) is 11.0. The first kappa shape index (κ1) is 15.7. The van der Waals surface area contributed by atoms with E-state index in [9.17, 15) is 9.90 Å². The Balaban J connectivity index is 2.04. The van der Waals surface area contributed by atoms with Crippen molar-refractivity contribution in [2.24, 2.45) is 5.11 Å². The van der Waals surface area contributed by atoms with Crippen LogP contribution in [-0.2, 0) is 18.9 Å². The average Bonchev–Trinajstić information content (AvgIpc) is 3.07. The zero-order valence-corrected chi connectivity index (χ0v) is 12.0. The molecule has 1 aromatic heterocycles. The van der Waals surface area contributed by atoms with Crippen LogP contribution in [0, 0.1) is 0 Å². The van der Waals surface area contributed by atoms with Gasteiger partial charge in [0.2, 0.25) is 5.72 Å². The van der Waals surface area contributed by atoms with Crippen LogP contribution >= 0.6 is 0 Å². The molecule has 12 nitrogen and oxygen atoms in total. The minimum atomic E-state index is -1.75. The summed E-state index contributed by atoms with van der Waals surface area (Å²) in [7, 11) is 1.35. The van der Waals surface area contributed by atoms with Gasteiger partial charge in [-0.2, -0.15) is 4.98 Å². The summed E-state index contributed by atoms with van der Waals surface area (Å²) >= 11 is 0. The predicted octanol–water partition coefficient (Wildman–Crippen LogP) is -0.933. The summed E-state index contributed by atoms with van der Waals surface area (Å²) in [6.07, 6.45) is -1.51. The summed E-state index contributed by atoms with van der Waals surface area (Å²) in [6.45, 7) is -1.72. The van der Waals surface area contributed by atoms with Crippen molar-refractivity contribution in [3.63, 3.8) is 0 Å². The van der Waals surface area contributed by atoms with Gasteiger partial charge in [0.05, 0.1) is 6.61 Å². The van der Waals surface area contributed by atoms with Gasteiger partial charge in [-0.1, -0.05) is 5.11 Å². The van der Waals surface area contributed by atoms with Crippen LogP contribution in [0.4, 0.5) is 5.82 Å². The Morgan fingerprint density at radius 1 is 1.65 bits per heavy atom. The smallest absolute Gasteiger partial charge is 0.351 e. The molecule has 124 valence electrons. The molecule has 12 heteroatoms. The van der Waals surface area contributed by atoms with Crippen LogP contribution in [0.3, 0.4) is 0 Å². The molecule has 3 rings (SSSR count). The third-order valence-electron chi connectivity index (χ3n) is 3.63. The van der Waals surface area contributed by atoms with E-state index >= 15 is 0 Å². The Kier molecular flexibility index (Phi) is 3.93. The summed E-state index contributed by atoms with van der Waals surface area (Å²) in [5.41, 5.74) is 11.8. The molecule has 0 aromatic carbocycles. The summed E-state index contributed by atoms with van der Waals surface area (Å²) in [4.78, 5) is 18.3. The fraction of sp³-hybridized carbons (Fsp3) is 0.636. The van der Waals surface area contributed by atoms with Crippen molar-refractivity contribution >= 4 is 5.82 Å². The Morgan fingerprint density at radius 3 is 3.04 bits per heavy atom. The number of aliphatic hydroxyl groups is 1. The molecule has 5 atom stereocenters. The van der Waals surface area contributed by atoms with Crippen molar-refractivity contribution in [1.82, 2.24) is 9.55 Å². The van der Waals surface area contributed by atoms with Crippen molar-refractivity contribution in [3.8, 4) is 0 Å². The van der Waals surface area contributed by atoms with Crippen LogP contribution in [0.15, 0.2) is 22.2 Å². The van der Waals surface area contributed by atoms with Gasteiger partial charge >= 0.3 is 5.69 Å². The fourth-order valence-electron chi connectivity index (χ4n) is 2.61. The van der Waals surface area contributed by atoms with Crippen molar-refractivity contribution < 1.29 is 24.1 Å². The van der Waals surface area contributed by atoms with Gasteiger partial charge in [0.1, 0.15) is 18.0 Å². The number of aromatic nitrogens is 2. The van der Waals surface area contributed by atoms with Gasteiger partial charge < -0.3 is 29.8 Å². The molecule has 0 saturated carbocycles. The quantitative estimate of drug-likeness (QED) is 0.406. The molecule has 0 amide bonds. The van der Waals surface area contributed by atoms with Crippen LogP contribution in [-0.4, -0.2) is 52.8 Å². The van der Waals surface area contributed by atoms with Crippen molar-refractivity contribution in [3.05, 3.63) is 33.2 Å². The molecule has 1 aromatic rings. The van der Waals surface area contributed by atoms with Gasteiger partial charge in [-0.15, -0.1) is 0 Å². The van der Waals surface area contributed by atoms with E-state index in [1.54, 1.807) is 0 Å². The lowest BCUT2D eigenvalue weighted by Crippen LogP contribution is -2.43. The second-order valence-electron chi connectivity index (χ2n) is 4.92. The number of azide groups is 1. The molecule has 0 bridgehead atoms. The van der Waals surface area contributed by atoms with Crippen molar-refractivity contribution in [1.29, 1.82) is 0 Å². The van der Waals surface area contributed by atoms with Gasteiger partial charge in [-0.3, -0.25) is 4.57 Å². The van der Waals surface area contributed by atoms with Crippen LogP contribution in [0.25, 0.3) is 10.4 Å². The second kappa shape index (κ2) is 5.77. The summed E-state index contributed by atoms with van der Waals surface area (Å²) in [5.74, 6) is 0.0441. The maximum Gasteiger partial charge on any atom is 0.351 e. The monoisotopic (exact) mass is 326 g/mol. The van der Waals surface area contributed by atoms with E-state index in [4.69, 9.17) is 30.2 Å². The molecule has 0 radical (unpaired) electrons. The summed E-state index contributed by atoms with van der Waals surface area (Å²) in [5, 5.41) is 13.1. The number of nitrogens with zero attached hydrogens (tertiary/aromatic N) is 5. The molecule has 2 fully saturated rings. The maximum atomic E-state index is 12.0. The van der Waals surface area contributed by atoms with Crippen LogP contribution in [0.2, 0.25) is 0 Å². The molecule has 0 aliphatic carbocycles. The molecule has 1 unspecified atom stereocenters. The van der Waals surface area contributed by atoms with Crippen LogP contribution in [0.5, 0.6) is 0 Å². The average molecular weight is 326 g/mol. The molecule has 2 saturated heterocycles. The van der Waals surface area contributed by atoms with E-state index in [1.807, 2.05) is 0 Å². The van der Waals surface area contributed by atoms with Gasteiger partial charge in [0, 0.05) is 18.2 Å². The standard InChI is InChI=1S/C11H14N6O6/c1-20-10-21-6-7(22-10)11(4-18,15-16-13)23-8(6)17-3-2-5(12)14-9(17)19/h2-3,6-8,10,18H,4H2,1H3,(H2,12,14,19)/t6-,7+,8-,10?,11-/m1/s1. The second-order valence-corrected chi connectivity index (χ2v) is 4.92. The zero-order valence-electron chi connectivity index (χ0n) is 12.0. The Bertz CT molecular complexity index is 704. The third-order valence-corrected chi connectivity index (χ3v) is 3.63. The number of fused-ring (bicyclic) bond motifs is 1. The summed E-state index contributed by atoms with van der Waals surface area (Å²) < 4.78 is 22.6. The Morgan fingerprint density at radius 2 is 2.43 bits per heavy atom. The van der Waals surface area contributed by atoms with E-state index in [0.717, 1.165) is 4.57 Å². The van der Waals surface area contributed by atoms with E-state index < -0.39 is 42.9 Å². The molecule has 2 aliphatic heterocycles. The highest BCUT2D eigenvalue weighted by Gasteiger charge is 2.62. The minimum absolute atomic E-state index is 0.0441. The first-order valence-corrected chi connectivity index (χ1v) is 6.58. The molecule has 3 N–H and O–H groups in total. The lowest BCUT2D eigenvalue weighted by Gasteiger charge is -2.26. The Hall–Kier alpha value is -2.21. The van der Waals surface area contributed by atoms with Gasteiger partial charge in [-0.25, -0.2) is 4.79 Å². The topological polar surface area (TPSA) is 167 Å². The zero-order chi connectivity index (χ0) is 16.6. The molecule has 3 heterocycles. The van der Waals surface area contributed by atoms with Crippen LogP contribution in [0.1, 0.15) is 6.23 Å². The molecular formula is C11H14N6O6. The lowest BCUT2D eigenvalue weighted by molar-refractivity contribution is -0.270. The highest BCUT2D eigenvalue weighted by Crippen LogP contribution is 2.45. The minimum Gasteiger partial charge on any atom is -0.393 e. The molecule has 2 aliphatic rings. The molecular weight excluding hydrogens is 312 g/mol. The van der Waals surface area contributed by atoms with E-state index in [0.29, 0.717) is 0 Å². The van der Waals surface area contributed by atoms with E-state index in [1.165, 1.54) is 19.4 Å². The predicted molar refractivity (Wildman–Crippen MR) is 72.5 cm³/mol. The third kappa shape index (κ3) is 2.43. The number of ether oxygens (including phenoxy) is 4.